The van der Waals surface area contributed by atoms with Gasteiger partial charge >= 0.3 is 0 Å². The normalized spacial score (nSPS) is 25.5. The molecule has 2 fully saturated rings. The molecule has 4 heteroatoms. The van der Waals surface area contributed by atoms with Crippen molar-refractivity contribution in [2.24, 2.45) is 0 Å². The second kappa shape index (κ2) is 3.01. The van der Waals surface area contributed by atoms with Gasteiger partial charge in [0.15, 0.2) is 0 Å². The summed E-state index contributed by atoms with van der Waals surface area (Å²) in [5.41, 5.74) is 0. The molecule has 1 saturated carbocycles. The Morgan fingerprint density at radius 2 is 2.15 bits per heavy atom. The van der Waals surface area contributed by atoms with Crippen LogP contribution in [0.1, 0.15) is 19.3 Å². The van der Waals surface area contributed by atoms with E-state index >= 15 is 0 Å². The number of rotatable bonds is 3. The smallest absolute Gasteiger partial charge is 0.290 e. The summed E-state index contributed by atoms with van der Waals surface area (Å²) in [6, 6.07) is 0. The fourth-order valence-electron chi connectivity index (χ4n) is 1.69. The molecule has 1 amide bonds. The predicted octanol–water partition coefficient (Wildman–Crippen LogP) is 0.683. The quantitative estimate of drug-likeness (QED) is 0.627. The summed E-state index contributed by atoms with van der Waals surface area (Å²) in [7, 11) is 0. The van der Waals surface area contributed by atoms with Gasteiger partial charge in [0.2, 0.25) is 5.78 Å². The molecular formula is C9H13NO2S. The van der Waals surface area contributed by atoms with E-state index in [4.69, 9.17) is 0 Å². The van der Waals surface area contributed by atoms with E-state index in [0.717, 1.165) is 6.54 Å². The highest BCUT2D eigenvalue weighted by atomic mass is 32.2. The summed E-state index contributed by atoms with van der Waals surface area (Å²) in [5.74, 6) is -0.475. The van der Waals surface area contributed by atoms with Crippen LogP contribution in [0.3, 0.4) is 0 Å². The van der Waals surface area contributed by atoms with Gasteiger partial charge in [-0.15, -0.1) is 0 Å². The van der Waals surface area contributed by atoms with Crippen LogP contribution >= 0.6 is 11.8 Å². The number of Topliss-reactive ketones (excluding diaryl/α,β-unsaturated/α-hetero) is 1. The van der Waals surface area contributed by atoms with E-state index < -0.39 is 0 Å². The van der Waals surface area contributed by atoms with Crippen molar-refractivity contribution in [2.45, 2.75) is 24.0 Å². The molecule has 2 aliphatic rings. The molecule has 2 rings (SSSR count). The zero-order valence-electron chi connectivity index (χ0n) is 7.71. The van der Waals surface area contributed by atoms with Crippen molar-refractivity contribution in [2.75, 3.05) is 19.3 Å². The van der Waals surface area contributed by atoms with Crippen molar-refractivity contribution >= 4 is 23.5 Å². The third kappa shape index (κ3) is 1.59. The molecule has 3 nitrogen and oxygen atoms in total. The second-order valence-corrected chi connectivity index (χ2v) is 5.06. The summed E-state index contributed by atoms with van der Waals surface area (Å²) in [6.45, 7) is 1.42. The molecule has 0 unspecified atom stereocenters. The van der Waals surface area contributed by atoms with Crippen molar-refractivity contribution in [1.29, 1.82) is 0 Å². The Morgan fingerprint density at radius 3 is 2.54 bits per heavy atom. The van der Waals surface area contributed by atoms with Crippen molar-refractivity contribution in [3.63, 3.8) is 0 Å². The topological polar surface area (TPSA) is 37.4 Å². The molecule has 0 spiro atoms. The van der Waals surface area contributed by atoms with Gasteiger partial charge in [0.25, 0.3) is 5.91 Å². The van der Waals surface area contributed by atoms with Crippen LogP contribution in [-0.4, -0.2) is 40.7 Å². The number of ketones is 1. The Balaban J connectivity index is 1.96. The van der Waals surface area contributed by atoms with Gasteiger partial charge in [0, 0.05) is 24.3 Å². The van der Waals surface area contributed by atoms with Crippen molar-refractivity contribution < 1.29 is 9.59 Å². The Bertz CT molecular complexity index is 260. The Hall–Kier alpha value is -0.510. The molecular weight excluding hydrogens is 186 g/mol. The summed E-state index contributed by atoms with van der Waals surface area (Å²) in [6.07, 6.45) is 4.87. The first-order chi connectivity index (χ1) is 6.17. The molecule has 1 aliphatic heterocycles. The Kier molecular flexibility index (Phi) is 2.10. The lowest BCUT2D eigenvalue weighted by Crippen LogP contribution is -2.34. The molecule has 0 radical (unpaired) electrons. The van der Waals surface area contributed by atoms with Crippen LogP contribution in [0, 0.1) is 0 Å². The summed E-state index contributed by atoms with van der Waals surface area (Å²) < 4.78 is 0.292. The average molecular weight is 199 g/mol. The van der Waals surface area contributed by atoms with E-state index in [0.29, 0.717) is 17.7 Å². The van der Waals surface area contributed by atoms with E-state index in [-0.39, 0.29) is 11.7 Å². The second-order valence-electron chi connectivity index (χ2n) is 3.79. The van der Waals surface area contributed by atoms with Crippen LogP contribution in [0.15, 0.2) is 0 Å². The fourth-order valence-corrected chi connectivity index (χ4v) is 2.48. The van der Waals surface area contributed by atoms with Crippen LogP contribution in [0.5, 0.6) is 0 Å². The van der Waals surface area contributed by atoms with E-state index in [1.165, 1.54) is 12.8 Å². The molecule has 0 aromatic carbocycles. The summed E-state index contributed by atoms with van der Waals surface area (Å²) >= 11 is 1.82. The SMILES string of the molecule is CSC1(CN2CCC(=O)C2=O)CC1. The third-order valence-corrected chi connectivity index (χ3v) is 4.26. The van der Waals surface area contributed by atoms with E-state index in [9.17, 15) is 9.59 Å². The molecule has 72 valence electrons. The molecule has 13 heavy (non-hydrogen) atoms. The van der Waals surface area contributed by atoms with Crippen molar-refractivity contribution in [3.8, 4) is 0 Å². The minimum Gasteiger partial charge on any atom is -0.334 e. The first-order valence-corrected chi connectivity index (χ1v) is 5.77. The molecule has 0 N–H and O–H groups in total. The zero-order valence-corrected chi connectivity index (χ0v) is 8.52. The lowest BCUT2D eigenvalue weighted by molar-refractivity contribution is -0.140. The van der Waals surface area contributed by atoms with Crippen molar-refractivity contribution in [1.82, 2.24) is 4.90 Å². The highest BCUT2D eigenvalue weighted by molar-refractivity contribution is 8.00. The van der Waals surface area contributed by atoms with Crippen LogP contribution < -0.4 is 0 Å². The minimum atomic E-state index is -0.264. The van der Waals surface area contributed by atoms with Gasteiger partial charge in [-0.1, -0.05) is 0 Å². The maximum atomic E-state index is 11.3. The van der Waals surface area contributed by atoms with Gasteiger partial charge < -0.3 is 4.90 Å². The molecule has 1 aliphatic carbocycles. The predicted molar refractivity (Wildman–Crippen MR) is 51.7 cm³/mol. The van der Waals surface area contributed by atoms with Crippen LogP contribution in [0.25, 0.3) is 0 Å². The van der Waals surface area contributed by atoms with Crippen molar-refractivity contribution in [3.05, 3.63) is 0 Å². The number of hydrogen-bond acceptors (Lipinski definition) is 3. The monoisotopic (exact) mass is 199 g/mol. The van der Waals surface area contributed by atoms with Gasteiger partial charge in [0.1, 0.15) is 0 Å². The molecule has 0 atom stereocenters. The first-order valence-electron chi connectivity index (χ1n) is 4.54. The lowest BCUT2D eigenvalue weighted by atomic mass is 10.3. The minimum absolute atomic E-state index is 0.211. The number of likely N-dealkylation sites (tertiary alicyclic amines) is 1. The largest absolute Gasteiger partial charge is 0.334 e. The molecule has 0 aromatic heterocycles. The van der Waals surface area contributed by atoms with Crippen LogP contribution in [0.2, 0.25) is 0 Å². The Labute approximate surface area is 81.9 Å². The number of carbonyl (C=O) groups is 2. The fraction of sp³-hybridized carbons (Fsp3) is 0.778. The zero-order chi connectivity index (χ0) is 9.47. The van der Waals surface area contributed by atoms with Gasteiger partial charge in [-0.2, -0.15) is 11.8 Å². The summed E-state index contributed by atoms with van der Waals surface area (Å²) in [5, 5.41) is 0. The number of amides is 1. The van der Waals surface area contributed by atoms with Gasteiger partial charge in [-0.3, -0.25) is 9.59 Å². The van der Waals surface area contributed by atoms with Gasteiger partial charge in [0.05, 0.1) is 0 Å². The number of carbonyl (C=O) groups excluding carboxylic acids is 2. The van der Waals surface area contributed by atoms with E-state index in [1.54, 1.807) is 4.90 Å². The number of hydrogen-bond donors (Lipinski definition) is 0. The Morgan fingerprint density at radius 1 is 1.46 bits per heavy atom. The van der Waals surface area contributed by atoms with E-state index in [2.05, 4.69) is 6.26 Å². The standard InChI is InChI=1S/C9H13NO2S/c1-13-9(3-4-9)6-10-5-2-7(11)8(10)12/h2-6H2,1H3. The first kappa shape index (κ1) is 9.06. The lowest BCUT2D eigenvalue weighted by Gasteiger charge is -2.20. The van der Waals surface area contributed by atoms with Gasteiger partial charge in [-0.25, -0.2) is 0 Å². The van der Waals surface area contributed by atoms with Crippen LogP contribution in [-0.2, 0) is 9.59 Å². The highest BCUT2D eigenvalue weighted by Crippen LogP contribution is 2.47. The molecule has 1 saturated heterocycles. The molecule has 0 bridgehead atoms. The highest BCUT2D eigenvalue weighted by Gasteiger charge is 2.45. The third-order valence-electron chi connectivity index (χ3n) is 2.85. The number of nitrogens with zero attached hydrogens (tertiary/aromatic N) is 1. The van der Waals surface area contributed by atoms with Crippen LogP contribution in [0.4, 0.5) is 0 Å². The van der Waals surface area contributed by atoms with Gasteiger partial charge in [-0.05, 0) is 19.1 Å². The molecule has 1 heterocycles. The molecule has 0 aromatic rings. The van der Waals surface area contributed by atoms with E-state index in [1.807, 2.05) is 11.8 Å². The maximum absolute atomic E-state index is 11.3. The number of thioether (sulfide) groups is 1. The summed E-state index contributed by atoms with van der Waals surface area (Å²) in [4.78, 5) is 24.0. The average Bonchev–Trinajstić information content (AvgIpc) is 2.85. The maximum Gasteiger partial charge on any atom is 0.290 e.